The topological polar surface area (TPSA) is 29.3 Å². The molecule has 11 rings (SSSR count). The zero-order chi connectivity index (χ0) is 38.1. The Balaban J connectivity index is 1.16. The van der Waals surface area contributed by atoms with Crippen molar-refractivity contribution in [2.75, 3.05) is 4.90 Å². The fraction of sp³-hybridized carbons (Fsp3) is 0.204. The third-order valence-electron chi connectivity index (χ3n) is 13.1. The van der Waals surface area contributed by atoms with Crippen LogP contribution in [0.4, 0.5) is 17.1 Å². The molecule has 278 valence electrons. The second kappa shape index (κ2) is 13.5. The first-order chi connectivity index (χ1) is 28.0. The lowest BCUT2D eigenvalue weighted by molar-refractivity contribution is 0.620. The summed E-state index contributed by atoms with van der Waals surface area (Å²) in [5.41, 5.74) is 23.1. The Hall–Kier alpha value is -6.19. The molecule has 3 aliphatic rings. The molecule has 0 unspecified atom stereocenters. The number of hydrogen-bond acceptors (Lipinski definition) is 3. The van der Waals surface area contributed by atoms with Crippen LogP contribution in [0, 0.1) is 0 Å². The summed E-state index contributed by atoms with van der Waals surface area (Å²) in [6.07, 6.45) is 9.91. The lowest BCUT2D eigenvalue weighted by Gasteiger charge is -2.31. The molecule has 0 N–H and O–H groups in total. The summed E-state index contributed by atoms with van der Waals surface area (Å²) in [5.74, 6) is 0.629. The van der Waals surface area contributed by atoms with E-state index in [1.807, 2.05) is 24.3 Å². The fourth-order valence-electron chi connectivity index (χ4n) is 10.3. The number of hydrogen-bond donors (Lipinski definition) is 0. The van der Waals surface area contributed by atoms with Crippen molar-refractivity contribution in [3.05, 3.63) is 179 Å². The fourth-order valence-corrected chi connectivity index (χ4v) is 10.3. The molecule has 0 fully saturated rings. The summed E-state index contributed by atoms with van der Waals surface area (Å²) >= 11 is 0. The molecule has 0 aliphatic heterocycles. The van der Waals surface area contributed by atoms with Crippen LogP contribution in [0.3, 0.4) is 0 Å². The minimum atomic E-state index is -0.173. The highest BCUT2D eigenvalue weighted by Gasteiger charge is 2.39. The Labute approximate surface area is 335 Å². The van der Waals surface area contributed by atoms with Crippen molar-refractivity contribution in [1.82, 2.24) is 4.98 Å². The monoisotopic (exact) mass is 738 g/mol. The summed E-state index contributed by atoms with van der Waals surface area (Å²) in [6, 6.07) is 53.3. The number of fused-ring (bicyclic) bond motifs is 7. The number of aryl methyl sites for hydroxylation is 1. The Morgan fingerprint density at radius 3 is 2.04 bits per heavy atom. The van der Waals surface area contributed by atoms with Gasteiger partial charge in [-0.2, -0.15) is 0 Å². The van der Waals surface area contributed by atoms with E-state index in [9.17, 15) is 0 Å². The van der Waals surface area contributed by atoms with Crippen LogP contribution in [0.5, 0.6) is 0 Å². The summed E-state index contributed by atoms with van der Waals surface area (Å²) < 4.78 is 6.33. The van der Waals surface area contributed by atoms with Crippen LogP contribution in [-0.4, -0.2) is 4.98 Å². The van der Waals surface area contributed by atoms with Crippen LogP contribution in [0.15, 0.2) is 150 Å². The van der Waals surface area contributed by atoms with Crippen molar-refractivity contribution in [3.63, 3.8) is 0 Å². The van der Waals surface area contributed by atoms with E-state index in [0.717, 1.165) is 40.1 Å². The van der Waals surface area contributed by atoms with Crippen LogP contribution >= 0.6 is 0 Å². The van der Waals surface area contributed by atoms with Gasteiger partial charge in [0.05, 0.1) is 0 Å². The Bertz CT molecular complexity index is 2790. The molecule has 3 heteroatoms. The quantitative estimate of drug-likeness (QED) is 0.170. The highest BCUT2D eigenvalue weighted by Crippen LogP contribution is 2.55. The maximum atomic E-state index is 6.33. The summed E-state index contributed by atoms with van der Waals surface area (Å²) in [6.45, 7) is 4.83. The summed E-state index contributed by atoms with van der Waals surface area (Å²) in [7, 11) is 0. The number of anilines is 3. The highest BCUT2D eigenvalue weighted by atomic mass is 16.3. The van der Waals surface area contributed by atoms with Crippen LogP contribution in [0.25, 0.3) is 55.9 Å². The van der Waals surface area contributed by atoms with E-state index in [-0.39, 0.29) is 5.41 Å². The molecule has 0 atom stereocenters. The van der Waals surface area contributed by atoms with E-state index in [1.54, 1.807) is 22.3 Å². The van der Waals surface area contributed by atoms with E-state index in [0.29, 0.717) is 5.89 Å². The Morgan fingerprint density at radius 1 is 0.491 bits per heavy atom. The van der Waals surface area contributed by atoms with Gasteiger partial charge in [-0.1, -0.05) is 105 Å². The first-order valence-corrected chi connectivity index (χ1v) is 20.9. The van der Waals surface area contributed by atoms with E-state index in [4.69, 9.17) is 9.40 Å². The molecule has 0 bridgehead atoms. The van der Waals surface area contributed by atoms with Crippen molar-refractivity contribution in [2.24, 2.45) is 0 Å². The average Bonchev–Trinajstić information content (AvgIpc) is 3.81. The van der Waals surface area contributed by atoms with Gasteiger partial charge in [0.2, 0.25) is 5.89 Å². The van der Waals surface area contributed by atoms with Gasteiger partial charge in [-0.3, -0.25) is 0 Å². The first kappa shape index (κ1) is 34.1. The molecule has 3 aliphatic carbocycles. The largest absolute Gasteiger partial charge is 0.436 e. The van der Waals surface area contributed by atoms with Gasteiger partial charge in [0.25, 0.3) is 0 Å². The maximum Gasteiger partial charge on any atom is 0.227 e. The normalized spacial score (nSPS) is 15.1. The highest BCUT2D eigenvalue weighted by molar-refractivity contribution is 5.97. The van der Waals surface area contributed by atoms with Gasteiger partial charge in [0.1, 0.15) is 5.52 Å². The molecule has 3 nitrogen and oxygen atoms in total. The van der Waals surface area contributed by atoms with E-state index >= 15 is 0 Å². The standard InChI is InChI=1S/C54H46N2O/c1-54(2)48-24-11-10-23-45(48)52-47(46-32-37-17-6-7-20-42(37)43-21-8-9-22-44(43)46)33-41(34-49(52)54)56(39-29-27-36(28-30-39)35-15-4-3-5-16-35)40-19-14-18-38(31-40)53-55-50-25-12-13-26-51(50)57-53/h3-5,10-16,18-19,23-34H,6-9,17,20-22H2,1-2H3. The van der Waals surface area contributed by atoms with Gasteiger partial charge in [-0.25, -0.2) is 4.98 Å². The zero-order valence-corrected chi connectivity index (χ0v) is 32.8. The van der Waals surface area contributed by atoms with Crippen LogP contribution in [0.2, 0.25) is 0 Å². The van der Waals surface area contributed by atoms with Crippen LogP contribution in [0.1, 0.15) is 72.9 Å². The molecule has 0 saturated carbocycles. The molecule has 7 aromatic carbocycles. The van der Waals surface area contributed by atoms with Crippen molar-refractivity contribution in [2.45, 2.75) is 70.6 Å². The number of aromatic nitrogens is 1. The van der Waals surface area contributed by atoms with Gasteiger partial charge < -0.3 is 9.32 Å². The van der Waals surface area contributed by atoms with Crippen molar-refractivity contribution in [1.29, 1.82) is 0 Å². The molecule has 57 heavy (non-hydrogen) atoms. The lowest BCUT2D eigenvalue weighted by Crippen LogP contribution is -2.17. The number of rotatable bonds is 6. The lowest BCUT2D eigenvalue weighted by atomic mass is 9.75. The van der Waals surface area contributed by atoms with Crippen molar-refractivity contribution >= 4 is 28.2 Å². The predicted molar refractivity (Wildman–Crippen MR) is 236 cm³/mol. The third-order valence-corrected chi connectivity index (χ3v) is 13.1. The minimum absolute atomic E-state index is 0.173. The van der Waals surface area contributed by atoms with E-state index < -0.39 is 0 Å². The maximum absolute atomic E-state index is 6.33. The molecule has 0 saturated heterocycles. The second-order valence-corrected chi connectivity index (χ2v) is 16.8. The molecule has 1 heterocycles. The molecule has 1 aromatic heterocycles. The van der Waals surface area contributed by atoms with E-state index in [1.165, 1.54) is 89.5 Å². The van der Waals surface area contributed by atoms with Gasteiger partial charge in [-0.15, -0.1) is 0 Å². The second-order valence-electron chi connectivity index (χ2n) is 16.8. The minimum Gasteiger partial charge on any atom is -0.436 e. The smallest absolute Gasteiger partial charge is 0.227 e. The molecule has 0 spiro atoms. The van der Waals surface area contributed by atoms with Crippen molar-refractivity contribution in [3.8, 4) is 44.8 Å². The number of benzene rings is 7. The summed E-state index contributed by atoms with van der Waals surface area (Å²) in [5, 5.41) is 0. The number of oxazole rings is 1. The van der Waals surface area contributed by atoms with Gasteiger partial charge >= 0.3 is 0 Å². The zero-order valence-electron chi connectivity index (χ0n) is 32.8. The Kier molecular flexibility index (Phi) is 8.06. The predicted octanol–water partition coefficient (Wildman–Crippen LogP) is 14.4. The summed E-state index contributed by atoms with van der Waals surface area (Å²) in [4.78, 5) is 7.36. The van der Waals surface area contributed by atoms with Gasteiger partial charge in [0.15, 0.2) is 5.58 Å². The molecule has 0 radical (unpaired) electrons. The van der Waals surface area contributed by atoms with Gasteiger partial charge in [0, 0.05) is 28.0 Å². The van der Waals surface area contributed by atoms with Crippen LogP contribution < -0.4 is 4.90 Å². The number of nitrogens with zero attached hydrogens (tertiary/aromatic N) is 2. The van der Waals surface area contributed by atoms with E-state index in [2.05, 4.69) is 140 Å². The first-order valence-electron chi connectivity index (χ1n) is 20.9. The van der Waals surface area contributed by atoms with Crippen LogP contribution in [-0.2, 0) is 31.1 Å². The van der Waals surface area contributed by atoms with Gasteiger partial charge in [-0.05, 0) is 173 Å². The molecular formula is C54H46N2O. The Morgan fingerprint density at radius 2 is 1.19 bits per heavy atom. The SMILES string of the molecule is CC1(C)c2ccccc2-c2c(-c3cc4c(c5c3CCCC5)CCCC4)cc(N(c3ccc(-c4ccccc4)cc3)c3cccc(-c4nc5ccccc5o4)c3)cc21. The molecular weight excluding hydrogens is 693 g/mol. The number of para-hydroxylation sites is 2. The third kappa shape index (κ3) is 5.66. The average molecular weight is 739 g/mol. The molecule has 0 amide bonds. The van der Waals surface area contributed by atoms with Crippen molar-refractivity contribution < 1.29 is 4.42 Å². The molecule has 8 aromatic rings.